The summed E-state index contributed by atoms with van der Waals surface area (Å²) >= 11 is 2.22. The summed E-state index contributed by atoms with van der Waals surface area (Å²) in [6, 6.07) is 13.3. The molecule has 0 atom stereocenters. The molecular weight excluding hydrogens is 363 g/mol. The second kappa shape index (κ2) is 6.39. The van der Waals surface area contributed by atoms with Crippen LogP contribution in [0.1, 0.15) is 41.3 Å². The van der Waals surface area contributed by atoms with Crippen LogP contribution in [0, 0.1) is 10.5 Å². The Balaban J connectivity index is 2.26. The summed E-state index contributed by atoms with van der Waals surface area (Å²) in [5.74, 6) is 0.649. The first-order valence-corrected chi connectivity index (χ1v) is 7.64. The second-order valence-corrected chi connectivity index (χ2v) is 6.21. The molecule has 0 saturated carbocycles. The minimum absolute atomic E-state index is 0.309. The lowest BCUT2D eigenvalue weighted by molar-refractivity contribution is 0.0732. The molecule has 2 rings (SSSR count). The average molecular weight is 380 g/mol. The highest BCUT2D eigenvalue weighted by Crippen LogP contribution is 2.26. The van der Waals surface area contributed by atoms with E-state index in [1.807, 2.05) is 43.3 Å². The molecule has 0 aliphatic heterocycles. The van der Waals surface area contributed by atoms with Crippen LogP contribution < -0.4 is 4.74 Å². The van der Waals surface area contributed by atoms with Crippen molar-refractivity contribution in [3.63, 3.8) is 0 Å². The van der Waals surface area contributed by atoms with Gasteiger partial charge in [-0.05, 0) is 64.8 Å². The Kier molecular flexibility index (Phi) is 4.81. The van der Waals surface area contributed by atoms with Gasteiger partial charge in [0.25, 0.3) is 0 Å². The van der Waals surface area contributed by atoms with Crippen LogP contribution in [0.3, 0.4) is 0 Å². The molecule has 0 aliphatic rings. The van der Waals surface area contributed by atoms with E-state index in [0.29, 0.717) is 17.2 Å². The van der Waals surface area contributed by atoms with Crippen LogP contribution in [0.2, 0.25) is 0 Å². The number of carbonyl (C=O) groups is 1. The predicted octanol–water partition coefficient (Wildman–Crippen LogP) is 4.94. The second-order valence-electron chi connectivity index (χ2n) is 5.05. The Morgan fingerprint density at radius 1 is 1.15 bits per heavy atom. The van der Waals surface area contributed by atoms with Gasteiger partial charge < -0.3 is 4.74 Å². The highest BCUT2D eigenvalue weighted by molar-refractivity contribution is 14.1. The highest BCUT2D eigenvalue weighted by atomic mass is 127. The fourth-order valence-corrected chi connectivity index (χ4v) is 2.44. The third-order valence-corrected chi connectivity index (χ3v) is 4.31. The lowest BCUT2D eigenvalue weighted by Gasteiger charge is -2.12. The van der Waals surface area contributed by atoms with Gasteiger partial charge in [-0.1, -0.05) is 38.1 Å². The fraction of sp³-hybridized carbons (Fsp3) is 0.235. The summed E-state index contributed by atoms with van der Waals surface area (Å²) in [4.78, 5) is 12.2. The van der Waals surface area contributed by atoms with Crippen molar-refractivity contribution in [1.82, 2.24) is 0 Å². The molecule has 0 aromatic heterocycles. The van der Waals surface area contributed by atoms with E-state index in [1.165, 1.54) is 0 Å². The number of benzene rings is 2. The van der Waals surface area contributed by atoms with E-state index in [0.717, 1.165) is 14.7 Å². The van der Waals surface area contributed by atoms with Gasteiger partial charge in [0.1, 0.15) is 5.75 Å². The molecule has 2 nitrogen and oxygen atoms in total. The first-order valence-electron chi connectivity index (χ1n) is 6.56. The van der Waals surface area contributed by atoms with Gasteiger partial charge in [0.15, 0.2) is 0 Å². The fourth-order valence-electron chi connectivity index (χ4n) is 1.93. The standard InChI is InChI=1S/C17H17IO2/c1-11(2)14-6-4-5-7-16(14)20-17(19)13-9-8-12(3)15(18)10-13/h4-11H,1-3H3. The van der Waals surface area contributed by atoms with Crippen LogP contribution in [0.4, 0.5) is 0 Å². The van der Waals surface area contributed by atoms with Gasteiger partial charge in [0.2, 0.25) is 0 Å². The van der Waals surface area contributed by atoms with Crippen molar-refractivity contribution in [3.05, 3.63) is 62.7 Å². The Morgan fingerprint density at radius 3 is 2.50 bits per heavy atom. The third-order valence-electron chi connectivity index (χ3n) is 3.15. The molecular formula is C17H17IO2. The van der Waals surface area contributed by atoms with Crippen LogP contribution in [-0.2, 0) is 0 Å². The number of rotatable bonds is 3. The minimum Gasteiger partial charge on any atom is -0.423 e. The van der Waals surface area contributed by atoms with Gasteiger partial charge in [-0.25, -0.2) is 4.79 Å². The van der Waals surface area contributed by atoms with E-state index >= 15 is 0 Å². The van der Waals surface area contributed by atoms with Gasteiger partial charge >= 0.3 is 5.97 Å². The summed E-state index contributed by atoms with van der Waals surface area (Å²) in [6.07, 6.45) is 0. The maximum absolute atomic E-state index is 12.2. The monoisotopic (exact) mass is 380 g/mol. The molecule has 104 valence electrons. The van der Waals surface area contributed by atoms with Crippen molar-refractivity contribution >= 4 is 28.6 Å². The largest absolute Gasteiger partial charge is 0.423 e. The molecule has 0 fully saturated rings. The van der Waals surface area contributed by atoms with Crippen molar-refractivity contribution in [1.29, 1.82) is 0 Å². The summed E-state index contributed by atoms with van der Waals surface area (Å²) in [7, 11) is 0. The molecule has 0 unspecified atom stereocenters. The molecule has 0 aliphatic carbocycles. The first kappa shape index (κ1) is 15.0. The maximum Gasteiger partial charge on any atom is 0.343 e. The zero-order chi connectivity index (χ0) is 14.7. The molecule has 0 heterocycles. The Labute approximate surface area is 133 Å². The number of ether oxygens (including phenoxy) is 1. The quantitative estimate of drug-likeness (QED) is 0.428. The number of esters is 1. The molecule has 0 spiro atoms. The Bertz CT molecular complexity index is 633. The molecule has 0 saturated heterocycles. The molecule has 3 heteroatoms. The first-order chi connectivity index (χ1) is 9.49. The number of carbonyl (C=O) groups excluding carboxylic acids is 1. The van der Waals surface area contributed by atoms with Crippen LogP contribution in [0.25, 0.3) is 0 Å². The van der Waals surface area contributed by atoms with E-state index in [2.05, 4.69) is 36.4 Å². The van der Waals surface area contributed by atoms with Crippen molar-refractivity contribution in [3.8, 4) is 5.75 Å². The molecule has 2 aromatic carbocycles. The van der Waals surface area contributed by atoms with Crippen molar-refractivity contribution in [2.75, 3.05) is 0 Å². The third kappa shape index (κ3) is 3.39. The van der Waals surface area contributed by atoms with Crippen molar-refractivity contribution < 1.29 is 9.53 Å². The maximum atomic E-state index is 12.2. The SMILES string of the molecule is Cc1ccc(C(=O)Oc2ccccc2C(C)C)cc1I. The predicted molar refractivity (Wildman–Crippen MR) is 89.4 cm³/mol. The zero-order valence-electron chi connectivity index (χ0n) is 11.8. The highest BCUT2D eigenvalue weighted by Gasteiger charge is 2.13. The number of aryl methyl sites for hydroxylation is 1. The Morgan fingerprint density at radius 2 is 1.85 bits per heavy atom. The average Bonchev–Trinajstić information content (AvgIpc) is 2.42. The molecule has 0 radical (unpaired) electrons. The molecule has 0 bridgehead atoms. The lowest BCUT2D eigenvalue weighted by Crippen LogP contribution is -2.10. The smallest absolute Gasteiger partial charge is 0.343 e. The number of halogens is 1. The van der Waals surface area contributed by atoms with Gasteiger partial charge in [-0.3, -0.25) is 0 Å². The summed E-state index contributed by atoms with van der Waals surface area (Å²) in [5.41, 5.74) is 2.78. The number of para-hydroxylation sites is 1. The van der Waals surface area contributed by atoms with E-state index < -0.39 is 0 Å². The number of hydrogen-bond acceptors (Lipinski definition) is 2. The topological polar surface area (TPSA) is 26.3 Å². The summed E-state index contributed by atoms with van der Waals surface area (Å²) in [6.45, 7) is 6.19. The lowest BCUT2D eigenvalue weighted by atomic mass is 10.0. The van der Waals surface area contributed by atoms with Crippen LogP contribution in [-0.4, -0.2) is 5.97 Å². The zero-order valence-corrected chi connectivity index (χ0v) is 14.0. The van der Waals surface area contributed by atoms with Gasteiger partial charge in [0, 0.05) is 3.57 Å². The van der Waals surface area contributed by atoms with E-state index in [1.54, 1.807) is 6.07 Å². The van der Waals surface area contributed by atoms with Gasteiger partial charge in [-0.2, -0.15) is 0 Å². The van der Waals surface area contributed by atoms with Crippen molar-refractivity contribution in [2.24, 2.45) is 0 Å². The van der Waals surface area contributed by atoms with Gasteiger partial charge in [0.05, 0.1) is 5.56 Å². The van der Waals surface area contributed by atoms with Crippen molar-refractivity contribution in [2.45, 2.75) is 26.7 Å². The van der Waals surface area contributed by atoms with E-state index in [4.69, 9.17) is 4.74 Å². The van der Waals surface area contributed by atoms with Gasteiger partial charge in [-0.15, -0.1) is 0 Å². The molecule has 2 aromatic rings. The van der Waals surface area contributed by atoms with E-state index in [9.17, 15) is 4.79 Å². The molecule has 0 amide bonds. The number of hydrogen-bond donors (Lipinski definition) is 0. The summed E-state index contributed by atoms with van der Waals surface area (Å²) < 4.78 is 6.61. The minimum atomic E-state index is -0.309. The molecule has 20 heavy (non-hydrogen) atoms. The Hall–Kier alpha value is -1.36. The molecule has 0 N–H and O–H groups in total. The normalized spacial score (nSPS) is 10.7. The van der Waals surface area contributed by atoms with Crippen LogP contribution in [0.15, 0.2) is 42.5 Å². The van der Waals surface area contributed by atoms with E-state index in [-0.39, 0.29) is 5.97 Å². The van der Waals surface area contributed by atoms with Crippen LogP contribution in [0.5, 0.6) is 5.75 Å². The summed E-state index contributed by atoms with van der Waals surface area (Å²) in [5, 5.41) is 0. The van der Waals surface area contributed by atoms with Crippen LogP contribution >= 0.6 is 22.6 Å².